The van der Waals surface area contributed by atoms with Crippen molar-refractivity contribution in [1.29, 1.82) is 0 Å². The van der Waals surface area contributed by atoms with Crippen LogP contribution in [0, 0.1) is 6.92 Å². The fraction of sp³-hybridized carbons (Fsp3) is 0.167. The minimum absolute atomic E-state index is 0.120. The third-order valence-electron chi connectivity index (χ3n) is 5.69. The molecule has 0 aliphatic carbocycles. The Kier molecular flexibility index (Phi) is 4.62. The summed E-state index contributed by atoms with van der Waals surface area (Å²) in [6, 6.07) is 13.2. The Hall–Kier alpha value is -4.20. The highest BCUT2D eigenvalue weighted by molar-refractivity contribution is 6.21. The van der Waals surface area contributed by atoms with Gasteiger partial charge in [-0.25, -0.2) is 4.99 Å². The maximum atomic E-state index is 13.4. The molecule has 1 aromatic heterocycles. The Morgan fingerprint density at radius 2 is 1.91 bits per heavy atom. The van der Waals surface area contributed by atoms with Crippen LogP contribution in [0.25, 0.3) is 0 Å². The number of benzene rings is 2. The topological polar surface area (TPSA) is 109 Å². The maximum Gasteiger partial charge on any atom is 0.272 e. The normalized spacial score (nSPS) is 16.9. The van der Waals surface area contributed by atoms with E-state index in [1.807, 2.05) is 13.0 Å². The summed E-state index contributed by atoms with van der Waals surface area (Å²) in [5.74, 6) is -0.917. The molecule has 160 valence electrons. The molecule has 8 nitrogen and oxygen atoms in total. The number of hydrogen-bond acceptors (Lipinski definition) is 5. The summed E-state index contributed by atoms with van der Waals surface area (Å²) >= 11 is 0. The summed E-state index contributed by atoms with van der Waals surface area (Å²) in [6.45, 7) is 2.50. The SMILES string of the molecule is Cc1cc2c3c(c1)C(c1ccc([O-])cc1)=N[C@@H](NC(=O)c1cc[n+](O)cc1)C(=O)N3CC2. The number of hydrogen-bond donors (Lipinski definition) is 2. The number of carbonyl (C=O) groups is 2. The number of nitrogens with zero attached hydrogens (tertiary/aromatic N) is 3. The molecule has 8 heteroatoms. The largest absolute Gasteiger partial charge is 0.872 e. The molecule has 0 fully saturated rings. The zero-order valence-electron chi connectivity index (χ0n) is 17.3. The van der Waals surface area contributed by atoms with Crippen molar-refractivity contribution in [2.75, 3.05) is 11.4 Å². The minimum atomic E-state index is -1.13. The van der Waals surface area contributed by atoms with Gasteiger partial charge in [0.25, 0.3) is 11.8 Å². The van der Waals surface area contributed by atoms with Gasteiger partial charge in [0.15, 0.2) is 0 Å². The molecule has 0 saturated carbocycles. The van der Waals surface area contributed by atoms with Crippen LogP contribution >= 0.6 is 0 Å². The third kappa shape index (κ3) is 3.35. The highest BCUT2D eigenvalue weighted by Crippen LogP contribution is 2.37. The maximum absolute atomic E-state index is 13.4. The molecule has 5 rings (SSSR count). The number of carbonyl (C=O) groups excluding carboxylic acids is 2. The molecule has 1 atom stereocenters. The number of aliphatic imine (C=N–C) groups is 1. The molecule has 3 aromatic rings. The number of aryl methyl sites for hydroxylation is 1. The van der Waals surface area contributed by atoms with E-state index < -0.39 is 12.1 Å². The molecular weight excluding hydrogens is 408 g/mol. The smallest absolute Gasteiger partial charge is 0.272 e. The van der Waals surface area contributed by atoms with Crippen molar-refractivity contribution in [3.05, 3.63) is 88.7 Å². The van der Waals surface area contributed by atoms with Crippen LogP contribution in [0.3, 0.4) is 0 Å². The van der Waals surface area contributed by atoms with E-state index in [9.17, 15) is 19.9 Å². The lowest BCUT2D eigenvalue weighted by molar-refractivity contribution is -0.904. The number of nitrogens with one attached hydrogen (secondary N) is 1. The first kappa shape index (κ1) is 19.7. The van der Waals surface area contributed by atoms with Crippen molar-refractivity contribution in [2.24, 2.45) is 4.99 Å². The number of anilines is 1. The first-order valence-electron chi connectivity index (χ1n) is 10.2. The van der Waals surface area contributed by atoms with Crippen molar-refractivity contribution < 1.29 is 24.6 Å². The van der Waals surface area contributed by atoms with E-state index in [0.717, 1.165) is 33.5 Å². The van der Waals surface area contributed by atoms with E-state index in [1.54, 1.807) is 17.0 Å². The molecule has 0 bridgehead atoms. The van der Waals surface area contributed by atoms with Gasteiger partial charge < -0.3 is 15.3 Å². The summed E-state index contributed by atoms with van der Waals surface area (Å²) < 4.78 is 0.828. The summed E-state index contributed by atoms with van der Waals surface area (Å²) in [4.78, 5) is 32.6. The van der Waals surface area contributed by atoms with Crippen LogP contribution in [0.2, 0.25) is 0 Å². The monoisotopic (exact) mass is 428 g/mol. The Morgan fingerprint density at radius 1 is 1.19 bits per heavy atom. The number of rotatable bonds is 3. The van der Waals surface area contributed by atoms with Crippen molar-refractivity contribution in [3.8, 4) is 5.75 Å². The van der Waals surface area contributed by atoms with Crippen LogP contribution in [-0.2, 0) is 11.2 Å². The highest BCUT2D eigenvalue weighted by Gasteiger charge is 2.37. The lowest BCUT2D eigenvalue weighted by Gasteiger charge is -2.21. The predicted molar refractivity (Wildman–Crippen MR) is 114 cm³/mol. The summed E-state index contributed by atoms with van der Waals surface area (Å²) in [7, 11) is 0. The van der Waals surface area contributed by atoms with Crippen LogP contribution < -0.4 is 20.1 Å². The van der Waals surface area contributed by atoms with E-state index in [0.29, 0.717) is 17.8 Å². The van der Waals surface area contributed by atoms with Gasteiger partial charge in [0.1, 0.15) is 0 Å². The average Bonchev–Trinajstić information content (AvgIpc) is 3.16. The summed E-state index contributed by atoms with van der Waals surface area (Å²) in [5.41, 5.74) is 5.25. The van der Waals surface area contributed by atoms with Crippen molar-refractivity contribution in [3.63, 3.8) is 0 Å². The number of pyridine rings is 1. The van der Waals surface area contributed by atoms with E-state index in [2.05, 4.69) is 16.4 Å². The molecule has 0 saturated heterocycles. The van der Waals surface area contributed by atoms with E-state index in [1.165, 1.54) is 36.7 Å². The zero-order chi connectivity index (χ0) is 22.4. The number of amides is 2. The van der Waals surface area contributed by atoms with Gasteiger partial charge in [0.2, 0.25) is 18.6 Å². The molecule has 3 heterocycles. The van der Waals surface area contributed by atoms with Crippen LogP contribution in [0.5, 0.6) is 5.75 Å². The molecular formula is C24H20N4O4. The second-order valence-corrected chi connectivity index (χ2v) is 7.90. The first-order chi connectivity index (χ1) is 15.4. The minimum Gasteiger partial charge on any atom is -0.872 e. The van der Waals surface area contributed by atoms with Crippen molar-refractivity contribution in [2.45, 2.75) is 19.5 Å². The fourth-order valence-corrected chi connectivity index (χ4v) is 4.22. The van der Waals surface area contributed by atoms with E-state index >= 15 is 0 Å². The van der Waals surface area contributed by atoms with Crippen molar-refractivity contribution in [1.82, 2.24) is 5.32 Å². The summed E-state index contributed by atoms with van der Waals surface area (Å²) in [5, 5.41) is 23.8. The molecule has 0 unspecified atom stereocenters. The Morgan fingerprint density at radius 3 is 2.62 bits per heavy atom. The van der Waals surface area contributed by atoms with Crippen LogP contribution in [0.1, 0.15) is 32.6 Å². The zero-order valence-corrected chi connectivity index (χ0v) is 17.3. The fourth-order valence-electron chi connectivity index (χ4n) is 4.22. The molecule has 2 aliphatic rings. The van der Waals surface area contributed by atoms with Crippen LogP contribution in [-0.4, -0.2) is 35.4 Å². The Labute approximate surface area is 184 Å². The second kappa shape index (κ2) is 7.49. The van der Waals surface area contributed by atoms with Gasteiger partial charge in [-0.2, -0.15) is 0 Å². The lowest BCUT2D eigenvalue weighted by Crippen LogP contribution is -2.47. The molecule has 32 heavy (non-hydrogen) atoms. The lowest BCUT2D eigenvalue weighted by atomic mass is 9.96. The molecule has 2 aliphatic heterocycles. The van der Waals surface area contributed by atoms with Gasteiger partial charge in [0.05, 0.1) is 17.0 Å². The van der Waals surface area contributed by atoms with Gasteiger partial charge in [-0.1, -0.05) is 35.9 Å². The standard InChI is InChI=1S/C24H20N4O4/c1-14-12-17-8-11-28-21(17)19(13-14)20(15-2-4-18(29)5-3-15)25-22(24(28)31)26-23(30)16-6-9-27(32)10-7-16/h2-7,9-10,12-13,22H,8,11H2,1H3,(H2-,25,26,29,30,32)/t22-/m0/s1. The number of aromatic nitrogens is 1. The average molecular weight is 428 g/mol. The molecule has 2 amide bonds. The third-order valence-corrected chi connectivity index (χ3v) is 5.69. The summed E-state index contributed by atoms with van der Waals surface area (Å²) in [6.07, 6.45) is 2.24. The molecule has 0 radical (unpaired) electrons. The quantitative estimate of drug-likeness (QED) is 0.481. The van der Waals surface area contributed by atoms with Gasteiger partial charge in [-0.05, 0) is 25.0 Å². The molecule has 2 N–H and O–H groups in total. The van der Waals surface area contributed by atoms with Gasteiger partial charge >= 0.3 is 0 Å². The molecule has 0 spiro atoms. The Balaban J connectivity index is 1.62. The first-order valence-corrected chi connectivity index (χ1v) is 10.2. The Bertz CT molecular complexity index is 1270. The highest BCUT2D eigenvalue weighted by atomic mass is 16.5. The van der Waals surface area contributed by atoms with Crippen LogP contribution in [0.4, 0.5) is 5.69 Å². The van der Waals surface area contributed by atoms with Crippen LogP contribution in [0.15, 0.2) is 65.9 Å². The van der Waals surface area contributed by atoms with E-state index in [4.69, 9.17) is 0 Å². The predicted octanol–water partition coefficient (Wildman–Crippen LogP) is 1.09. The molecule has 2 aromatic carbocycles. The van der Waals surface area contributed by atoms with Gasteiger partial charge in [0, 0.05) is 34.5 Å². The van der Waals surface area contributed by atoms with E-state index in [-0.39, 0.29) is 17.2 Å². The second-order valence-electron chi connectivity index (χ2n) is 7.90. The van der Waals surface area contributed by atoms with Gasteiger partial charge in [-0.15, -0.1) is 5.75 Å². The van der Waals surface area contributed by atoms with Gasteiger partial charge in [-0.3, -0.25) is 14.8 Å². The van der Waals surface area contributed by atoms with Crippen molar-refractivity contribution >= 4 is 23.2 Å².